The van der Waals surface area contributed by atoms with Gasteiger partial charge in [0.05, 0.1) is 17.1 Å². The second kappa shape index (κ2) is 6.04. The number of hydrogen-bond acceptors (Lipinski definition) is 6. The van der Waals surface area contributed by atoms with Gasteiger partial charge in [0, 0.05) is 24.2 Å². The van der Waals surface area contributed by atoms with E-state index >= 15 is 0 Å². The van der Waals surface area contributed by atoms with Gasteiger partial charge >= 0.3 is 0 Å². The van der Waals surface area contributed by atoms with Crippen molar-refractivity contribution in [2.45, 2.75) is 19.3 Å². The van der Waals surface area contributed by atoms with E-state index in [4.69, 9.17) is 4.98 Å². The number of anilines is 1. The first-order valence-corrected chi connectivity index (χ1v) is 8.60. The third-order valence-corrected chi connectivity index (χ3v) is 4.79. The molecule has 6 heteroatoms. The van der Waals surface area contributed by atoms with Crippen LogP contribution >= 0.6 is 11.8 Å². The number of hydrogen-bond donors (Lipinski definition) is 0. The van der Waals surface area contributed by atoms with Crippen molar-refractivity contribution in [2.24, 2.45) is 4.99 Å². The minimum atomic E-state index is 0.807. The molecule has 0 N–H and O–H groups in total. The van der Waals surface area contributed by atoms with Gasteiger partial charge in [0.25, 0.3) is 0 Å². The highest BCUT2D eigenvalue weighted by Crippen LogP contribution is 2.26. The van der Waals surface area contributed by atoms with Crippen LogP contribution in [-0.4, -0.2) is 40.1 Å². The molecule has 0 saturated carbocycles. The van der Waals surface area contributed by atoms with Crippen LogP contribution in [0.25, 0.3) is 17.1 Å². The lowest BCUT2D eigenvalue weighted by Gasteiger charge is -2.28. The largest absolute Gasteiger partial charge is 0.355 e. The number of thioether (sulfide) groups is 1. The number of allylic oxidation sites excluding steroid dienone is 1. The molecule has 0 aromatic carbocycles. The zero-order valence-corrected chi connectivity index (χ0v) is 13.1. The lowest BCUT2D eigenvalue weighted by atomic mass is 10.1. The number of fused-ring (bicyclic) bond motifs is 1. The molecule has 5 nitrogen and oxygen atoms in total. The van der Waals surface area contributed by atoms with E-state index in [1.807, 2.05) is 18.3 Å². The molecule has 112 valence electrons. The highest BCUT2D eigenvalue weighted by Gasteiger charge is 2.16. The minimum absolute atomic E-state index is 0.807. The van der Waals surface area contributed by atoms with Gasteiger partial charge in [-0.15, -0.1) is 11.8 Å². The third kappa shape index (κ3) is 2.70. The Hall–Kier alpha value is -1.95. The van der Waals surface area contributed by atoms with Crippen molar-refractivity contribution in [3.63, 3.8) is 0 Å². The summed E-state index contributed by atoms with van der Waals surface area (Å²) in [7, 11) is 0. The predicted octanol–water partition coefficient (Wildman–Crippen LogP) is 3.13. The number of pyridine rings is 1. The predicted molar refractivity (Wildman–Crippen MR) is 92.3 cm³/mol. The summed E-state index contributed by atoms with van der Waals surface area (Å²) in [4.78, 5) is 21.4. The maximum absolute atomic E-state index is 4.80. The fraction of sp³-hybridized carbons (Fsp3) is 0.375. The zero-order valence-electron chi connectivity index (χ0n) is 12.3. The molecule has 2 aromatic rings. The van der Waals surface area contributed by atoms with Crippen LogP contribution in [0.2, 0.25) is 0 Å². The number of rotatable bonds is 2. The van der Waals surface area contributed by atoms with Crippen molar-refractivity contribution in [1.29, 1.82) is 0 Å². The van der Waals surface area contributed by atoms with Gasteiger partial charge in [-0.1, -0.05) is 0 Å². The highest BCUT2D eigenvalue weighted by molar-refractivity contribution is 8.04. The molecule has 0 spiro atoms. The molecule has 0 amide bonds. The smallest absolute Gasteiger partial charge is 0.158 e. The van der Waals surface area contributed by atoms with E-state index in [0.29, 0.717) is 0 Å². The normalized spacial score (nSPS) is 20.2. The first kappa shape index (κ1) is 13.7. The first-order valence-electron chi connectivity index (χ1n) is 7.61. The summed E-state index contributed by atoms with van der Waals surface area (Å²) in [5.41, 5.74) is 2.75. The van der Waals surface area contributed by atoms with E-state index in [2.05, 4.69) is 25.9 Å². The molecule has 4 heterocycles. The molecule has 0 bridgehead atoms. The molecule has 2 aliphatic rings. The third-order valence-electron chi connectivity index (χ3n) is 3.95. The van der Waals surface area contributed by atoms with Crippen LogP contribution < -0.4 is 4.90 Å². The molecule has 0 radical (unpaired) electrons. The average Bonchev–Trinajstić information content (AvgIpc) is 3.08. The summed E-state index contributed by atoms with van der Waals surface area (Å²) in [5, 5.41) is 0. The number of piperidine rings is 1. The van der Waals surface area contributed by atoms with Crippen LogP contribution in [0.1, 0.15) is 25.0 Å². The molecule has 0 unspecified atom stereocenters. The van der Waals surface area contributed by atoms with Crippen molar-refractivity contribution < 1.29 is 0 Å². The summed E-state index contributed by atoms with van der Waals surface area (Å²) in [5.74, 6) is 1.78. The van der Waals surface area contributed by atoms with Gasteiger partial charge in [-0.05, 0) is 37.5 Å². The highest BCUT2D eigenvalue weighted by atomic mass is 32.2. The Morgan fingerprint density at radius 2 is 2.00 bits per heavy atom. The van der Waals surface area contributed by atoms with Gasteiger partial charge in [-0.3, -0.25) is 4.99 Å². The quantitative estimate of drug-likeness (QED) is 0.853. The maximum Gasteiger partial charge on any atom is 0.158 e. The van der Waals surface area contributed by atoms with Crippen LogP contribution in [0.15, 0.2) is 28.4 Å². The topological polar surface area (TPSA) is 54.3 Å². The summed E-state index contributed by atoms with van der Waals surface area (Å²) in [6.45, 7) is 2.11. The van der Waals surface area contributed by atoms with E-state index in [9.17, 15) is 0 Å². The maximum atomic E-state index is 4.80. The van der Waals surface area contributed by atoms with Gasteiger partial charge in [-0.2, -0.15) is 0 Å². The Balaban J connectivity index is 1.76. The first-order chi connectivity index (χ1) is 10.9. The van der Waals surface area contributed by atoms with Crippen LogP contribution in [0, 0.1) is 0 Å². The van der Waals surface area contributed by atoms with Crippen molar-refractivity contribution in [2.75, 3.05) is 23.9 Å². The van der Waals surface area contributed by atoms with Gasteiger partial charge in [0.2, 0.25) is 0 Å². The molecule has 0 aliphatic carbocycles. The van der Waals surface area contributed by atoms with Crippen molar-refractivity contribution in [3.8, 4) is 0 Å². The average molecular weight is 311 g/mol. The van der Waals surface area contributed by atoms with Crippen LogP contribution in [-0.2, 0) is 0 Å². The molecular formula is C16H17N5S. The summed E-state index contributed by atoms with van der Waals surface area (Å²) in [6, 6.07) is 4.04. The molecule has 1 saturated heterocycles. The number of aromatic nitrogens is 3. The van der Waals surface area contributed by atoms with E-state index in [-0.39, 0.29) is 0 Å². The molecule has 0 atom stereocenters. The second-order valence-corrected chi connectivity index (χ2v) is 6.50. The van der Waals surface area contributed by atoms with Gasteiger partial charge < -0.3 is 4.90 Å². The Bertz CT molecular complexity index is 749. The zero-order chi connectivity index (χ0) is 14.8. The van der Waals surface area contributed by atoms with Crippen molar-refractivity contribution >= 4 is 40.9 Å². The summed E-state index contributed by atoms with van der Waals surface area (Å²) < 4.78 is 0. The van der Waals surface area contributed by atoms with E-state index < -0.39 is 0 Å². The molecule has 2 aliphatic heterocycles. The molecule has 2 aromatic heterocycles. The Labute approximate surface area is 133 Å². The van der Waals surface area contributed by atoms with E-state index in [1.165, 1.54) is 19.3 Å². The van der Waals surface area contributed by atoms with Crippen LogP contribution in [0.3, 0.4) is 0 Å². The Kier molecular flexibility index (Phi) is 3.76. The van der Waals surface area contributed by atoms with Crippen molar-refractivity contribution in [3.05, 3.63) is 29.1 Å². The molecular weight excluding hydrogens is 294 g/mol. The minimum Gasteiger partial charge on any atom is -0.355 e. The standard InChI is InChI=1S/C16H17N5S/c1-2-6-21(7-3-1)16-15-14(18-10-19-16)5-4-12(20-15)8-13-9-17-11-22-13/h4-5,8-10H,1-3,6-7,11H2/b13-8-. The van der Waals surface area contributed by atoms with Crippen LogP contribution in [0.4, 0.5) is 5.82 Å². The van der Waals surface area contributed by atoms with Gasteiger partial charge in [0.1, 0.15) is 11.8 Å². The van der Waals surface area contributed by atoms with Crippen molar-refractivity contribution in [1.82, 2.24) is 15.0 Å². The molecule has 22 heavy (non-hydrogen) atoms. The molecule has 1 fully saturated rings. The summed E-state index contributed by atoms with van der Waals surface area (Å²) >= 11 is 1.73. The number of aliphatic imine (C=N–C) groups is 1. The molecule has 4 rings (SSSR count). The lowest BCUT2D eigenvalue weighted by Crippen LogP contribution is -2.30. The Morgan fingerprint density at radius 1 is 1.09 bits per heavy atom. The summed E-state index contributed by atoms with van der Waals surface area (Å²) in [6.07, 6.45) is 9.38. The second-order valence-electron chi connectivity index (χ2n) is 5.48. The Morgan fingerprint density at radius 3 is 2.82 bits per heavy atom. The van der Waals surface area contributed by atoms with E-state index in [1.54, 1.807) is 18.1 Å². The fourth-order valence-electron chi connectivity index (χ4n) is 2.86. The lowest BCUT2D eigenvalue weighted by molar-refractivity contribution is 0.574. The van der Waals surface area contributed by atoms with Gasteiger partial charge in [0.15, 0.2) is 5.82 Å². The van der Waals surface area contributed by atoms with Gasteiger partial charge in [-0.25, -0.2) is 15.0 Å². The van der Waals surface area contributed by atoms with Crippen LogP contribution in [0.5, 0.6) is 0 Å². The SMILES string of the molecule is C1=NCS/C1=C\c1ccc2ncnc(N3CCCCC3)c2n1. The van der Waals surface area contributed by atoms with E-state index in [0.717, 1.165) is 46.4 Å². The fourth-order valence-corrected chi connectivity index (χ4v) is 3.51. The monoisotopic (exact) mass is 311 g/mol. The number of nitrogens with zero attached hydrogens (tertiary/aromatic N) is 5.